The topological polar surface area (TPSA) is 95.2 Å². The number of carbonyl (C=O) groups excluding carboxylic acids is 1. The Morgan fingerprint density at radius 3 is 2.57 bits per heavy atom. The van der Waals surface area contributed by atoms with Gasteiger partial charge in [-0.25, -0.2) is 4.99 Å². The van der Waals surface area contributed by atoms with Crippen molar-refractivity contribution < 1.29 is 32.2 Å². The Morgan fingerprint density at radius 2 is 1.89 bits per heavy atom. The first kappa shape index (κ1) is 18.0. The monoisotopic (exact) mass is 393 g/mol. The van der Waals surface area contributed by atoms with Crippen molar-refractivity contribution in [2.45, 2.75) is 11.7 Å². The number of aliphatic imine (C=N–C) groups is 1. The highest BCUT2D eigenvalue weighted by Gasteiger charge is 2.49. The number of nitrogen functional groups attached to an aromatic ring is 1. The molecule has 0 saturated carbocycles. The minimum absolute atomic E-state index is 0.152. The van der Waals surface area contributed by atoms with Gasteiger partial charge in [-0.2, -0.15) is 13.2 Å². The molecule has 0 radical (unpaired) electrons. The van der Waals surface area contributed by atoms with E-state index < -0.39 is 23.6 Å². The third-order valence-electron chi connectivity index (χ3n) is 4.49. The third kappa shape index (κ3) is 2.77. The summed E-state index contributed by atoms with van der Waals surface area (Å²) in [5.41, 5.74) is 6.08. The van der Waals surface area contributed by atoms with Gasteiger partial charge in [0.2, 0.25) is 0 Å². The summed E-state index contributed by atoms with van der Waals surface area (Å²) in [6.45, 7) is -0.152. The second-order valence-corrected chi connectivity index (χ2v) is 6.24. The molecule has 7 nitrogen and oxygen atoms in total. The van der Waals surface area contributed by atoms with Gasteiger partial charge in [0.05, 0.1) is 7.11 Å². The minimum atomic E-state index is -5.07. The Balaban J connectivity index is 1.86. The van der Waals surface area contributed by atoms with Gasteiger partial charge in [0.25, 0.3) is 6.02 Å². The molecule has 2 aromatic carbocycles. The number of carbonyl (C=O) groups is 1. The number of ether oxygens (including phenoxy) is 3. The summed E-state index contributed by atoms with van der Waals surface area (Å²) in [7, 11) is 1.48. The fraction of sp³-hybridized carbons (Fsp3) is 0.222. The van der Waals surface area contributed by atoms with E-state index in [1.165, 1.54) is 7.11 Å². The standard InChI is InChI=1S/C18H14F3N3O4/c1-26-10-3-5-14-12(7-10)17(11-6-9(22)2-4-13(11)28-14)8-27-16(24-17)23-15(25)18(19,20)21/h2-7H,8,22H2,1H3,(H,23,24,25). The Morgan fingerprint density at radius 1 is 1.21 bits per heavy atom. The molecule has 0 bridgehead atoms. The van der Waals surface area contributed by atoms with E-state index in [0.29, 0.717) is 34.1 Å². The van der Waals surface area contributed by atoms with Crippen molar-refractivity contribution >= 4 is 17.6 Å². The molecule has 0 aliphatic carbocycles. The number of amides is 1. The highest BCUT2D eigenvalue weighted by molar-refractivity contribution is 5.98. The molecule has 1 unspecified atom stereocenters. The molecule has 2 aliphatic rings. The summed E-state index contributed by atoms with van der Waals surface area (Å²) < 4.78 is 54.2. The first-order chi connectivity index (χ1) is 13.2. The first-order valence-electron chi connectivity index (χ1n) is 8.10. The quantitative estimate of drug-likeness (QED) is 0.727. The largest absolute Gasteiger partial charge is 0.497 e. The van der Waals surface area contributed by atoms with Crippen LogP contribution in [0.4, 0.5) is 18.9 Å². The number of alkyl halides is 3. The maximum atomic E-state index is 12.6. The fourth-order valence-corrected chi connectivity index (χ4v) is 3.19. The predicted molar refractivity (Wildman–Crippen MR) is 92.3 cm³/mol. The Bertz CT molecular complexity index is 1010. The van der Waals surface area contributed by atoms with Gasteiger partial charge < -0.3 is 19.9 Å². The summed E-state index contributed by atoms with van der Waals surface area (Å²) >= 11 is 0. The van der Waals surface area contributed by atoms with Crippen LogP contribution in [0.15, 0.2) is 41.4 Å². The molecule has 10 heteroatoms. The molecule has 2 aliphatic heterocycles. The molecule has 2 aromatic rings. The van der Waals surface area contributed by atoms with Crippen molar-refractivity contribution in [3.05, 3.63) is 47.5 Å². The van der Waals surface area contributed by atoms with Crippen LogP contribution in [0.5, 0.6) is 17.2 Å². The second-order valence-electron chi connectivity index (χ2n) is 6.24. The van der Waals surface area contributed by atoms with E-state index >= 15 is 0 Å². The van der Waals surface area contributed by atoms with Crippen LogP contribution in [0.25, 0.3) is 0 Å². The van der Waals surface area contributed by atoms with Gasteiger partial charge in [-0.1, -0.05) is 0 Å². The smallest absolute Gasteiger partial charge is 0.471 e. The molecule has 1 atom stereocenters. The number of anilines is 1. The number of hydrogen-bond acceptors (Lipinski definition) is 6. The molecule has 1 spiro atoms. The SMILES string of the molecule is COc1ccc2c(c1)C1(COC(NC(=O)C(F)(F)F)=N1)c1cc(N)ccc1O2. The summed E-state index contributed by atoms with van der Waals surface area (Å²) in [6.07, 6.45) is -5.07. The zero-order valence-corrected chi connectivity index (χ0v) is 14.5. The molecule has 0 aromatic heterocycles. The number of hydrogen-bond donors (Lipinski definition) is 2. The van der Waals surface area contributed by atoms with E-state index in [-0.39, 0.29) is 6.61 Å². The number of halogens is 3. The maximum Gasteiger partial charge on any atom is 0.471 e. The zero-order valence-electron chi connectivity index (χ0n) is 14.5. The lowest BCUT2D eigenvalue weighted by Crippen LogP contribution is -2.40. The molecule has 1 amide bonds. The van der Waals surface area contributed by atoms with Gasteiger partial charge in [0.15, 0.2) is 5.54 Å². The minimum Gasteiger partial charge on any atom is -0.497 e. The summed E-state index contributed by atoms with van der Waals surface area (Å²) in [5.74, 6) is -0.803. The van der Waals surface area contributed by atoms with Crippen LogP contribution in [0.1, 0.15) is 11.1 Å². The summed E-state index contributed by atoms with van der Waals surface area (Å²) in [4.78, 5) is 15.6. The van der Waals surface area contributed by atoms with E-state index in [0.717, 1.165) is 0 Å². The van der Waals surface area contributed by atoms with Gasteiger partial charge >= 0.3 is 12.1 Å². The number of rotatable bonds is 1. The van der Waals surface area contributed by atoms with Crippen molar-refractivity contribution in [1.29, 1.82) is 0 Å². The molecular weight excluding hydrogens is 379 g/mol. The molecule has 28 heavy (non-hydrogen) atoms. The number of nitrogens with two attached hydrogens (primary N) is 1. The molecule has 0 saturated heterocycles. The van der Waals surface area contributed by atoms with Gasteiger partial charge in [-0.15, -0.1) is 0 Å². The Hall–Kier alpha value is -3.43. The normalized spacial score (nSPS) is 19.8. The maximum absolute atomic E-state index is 12.6. The zero-order chi connectivity index (χ0) is 20.1. The van der Waals surface area contributed by atoms with Crippen LogP contribution >= 0.6 is 0 Å². The molecule has 3 N–H and O–H groups in total. The Kier molecular flexibility index (Phi) is 3.88. The molecule has 2 heterocycles. The van der Waals surface area contributed by atoms with Gasteiger partial charge in [0, 0.05) is 16.8 Å². The van der Waals surface area contributed by atoms with Gasteiger partial charge in [-0.3, -0.25) is 10.1 Å². The Labute approximate surface area is 156 Å². The van der Waals surface area contributed by atoms with E-state index in [9.17, 15) is 18.0 Å². The lowest BCUT2D eigenvalue weighted by molar-refractivity contribution is -0.172. The van der Waals surface area contributed by atoms with E-state index in [2.05, 4.69) is 4.99 Å². The number of nitrogens with one attached hydrogen (secondary N) is 1. The van der Waals surface area contributed by atoms with Crippen LogP contribution < -0.4 is 20.5 Å². The first-order valence-corrected chi connectivity index (χ1v) is 8.10. The fourth-order valence-electron chi connectivity index (χ4n) is 3.19. The van der Waals surface area contributed by atoms with Crippen LogP contribution in [0.3, 0.4) is 0 Å². The average molecular weight is 393 g/mol. The van der Waals surface area contributed by atoms with Crippen molar-refractivity contribution in [3.8, 4) is 17.2 Å². The van der Waals surface area contributed by atoms with E-state index in [1.54, 1.807) is 41.7 Å². The molecule has 4 rings (SSSR count). The van der Waals surface area contributed by atoms with Gasteiger partial charge in [0.1, 0.15) is 23.9 Å². The van der Waals surface area contributed by atoms with Crippen LogP contribution in [-0.2, 0) is 15.1 Å². The predicted octanol–water partition coefficient (Wildman–Crippen LogP) is 2.69. The number of fused-ring (bicyclic) bond motifs is 4. The molecule has 146 valence electrons. The average Bonchev–Trinajstić information content (AvgIpc) is 3.06. The third-order valence-corrected chi connectivity index (χ3v) is 4.49. The second kappa shape index (κ2) is 6.04. The van der Waals surface area contributed by atoms with Crippen LogP contribution in [0, 0.1) is 0 Å². The van der Waals surface area contributed by atoms with Crippen molar-refractivity contribution in [2.75, 3.05) is 19.5 Å². The van der Waals surface area contributed by atoms with E-state index in [1.807, 2.05) is 0 Å². The molecular formula is C18H14F3N3O4. The highest BCUT2D eigenvalue weighted by Crippen LogP contribution is 2.52. The lowest BCUT2D eigenvalue weighted by Gasteiger charge is -2.33. The number of benzene rings is 2. The van der Waals surface area contributed by atoms with Crippen LogP contribution in [-0.4, -0.2) is 31.8 Å². The molecule has 0 fully saturated rings. The highest BCUT2D eigenvalue weighted by atomic mass is 19.4. The number of amidine groups is 1. The lowest BCUT2D eigenvalue weighted by atomic mass is 9.81. The summed E-state index contributed by atoms with van der Waals surface area (Å²) in [6, 6.07) is 9.35. The van der Waals surface area contributed by atoms with E-state index in [4.69, 9.17) is 19.9 Å². The van der Waals surface area contributed by atoms with Gasteiger partial charge in [-0.05, 0) is 36.4 Å². The van der Waals surface area contributed by atoms with Crippen molar-refractivity contribution in [3.63, 3.8) is 0 Å². The van der Waals surface area contributed by atoms with Crippen molar-refractivity contribution in [1.82, 2.24) is 5.32 Å². The van der Waals surface area contributed by atoms with Crippen molar-refractivity contribution in [2.24, 2.45) is 4.99 Å². The number of nitrogens with zero attached hydrogens (tertiary/aromatic N) is 1. The summed E-state index contributed by atoms with van der Waals surface area (Å²) in [5, 5.41) is 1.66. The number of methoxy groups -OCH3 is 1. The van der Waals surface area contributed by atoms with Crippen LogP contribution in [0.2, 0.25) is 0 Å².